The fraction of sp³-hybridized carbons (Fsp3) is 0.455. The van der Waals surface area contributed by atoms with Crippen molar-refractivity contribution in [3.63, 3.8) is 0 Å². The number of rotatable bonds is 4. The molecule has 0 unspecified atom stereocenters. The van der Waals surface area contributed by atoms with Crippen molar-refractivity contribution in [3.8, 4) is 0 Å². The third-order valence-electron chi connectivity index (χ3n) is 3.00. The second-order valence-electron chi connectivity index (χ2n) is 4.22. The Labute approximate surface area is 122 Å². The van der Waals surface area contributed by atoms with Crippen LogP contribution in [-0.4, -0.2) is 25.8 Å². The van der Waals surface area contributed by atoms with E-state index < -0.39 is 10.0 Å². The van der Waals surface area contributed by atoms with Gasteiger partial charge in [-0.05, 0) is 25.0 Å². The number of halogens is 3. The number of nitrogens with zero attached hydrogens (tertiary/aromatic N) is 1. The van der Waals surface area contributed by atoms with Gasteiger partial charge in [0.2, 0.25) is 10.0 Å². The van der Waals surface area contributed by atoms with Crippen LogP contribution < -0.4 is 0 Å². The number of sulfonamides is 1. The predicted octanol–water partition coefficient (Wildman–Crippen LogP) is 3.52. The topological polar surface area (TPSA) is 37.4 Å². The standard InChI is InChI=1S/C11H12Cl3NO2S/c1-15(7-2-3-7)18(16,17)10-5-4-9(13)8(6-12)11(10)14/h4-5,7H,2-3,6H2,1H3. The van der Waals surface area contributed by atoms with Crippen LogP contribution in [0.3, 0.4) is 0 Å². The maximum absolute atomic E-state index is 12.4. The lowest BCUT2D eigenvalue weighted by Crippen LogP contribution is -2.29. The van der Waals surface area contributed by atoms with Gasteiger partial charge in [-0.15, -0.1) is 11.6 Å². The molecular formula is C11H12Cl3NO2S. The number of hydrogen-bond donors (Lipinski definition) is 0. The third-order valence-corrected chi connectivity index (χ3v) is 6.12. The average molecular weight is 329 g/mol. The Bertz CT molecular complexity index is 570. The monoisotopic (exact) mass is 327 g/mol. The van der Waals surface area contributed by atoms with E-state index in [0.29, 0.717) is 10.6 Å². The van der Waals surface area contributed by atoms with Gasteiger partial charge >= 0.3 is 0 Å². The highest BCUT2D eigenvalue weighted by atomic mass is 35.5. The Morgan fingerprint density at radius 2 is 1.94 bits per heavy atom. The highest BCUT2D eigenvalue weighted by Gasteiger charge is 2.36. The molecule has 7 heteroatoms. The first kappa shape index (κ1) is 14.4. The van der Waals surface area contributed by atoms with Crippen molar-refractivity contribution in [2.45, 2.75) is 29.7 Å². The Kier molecular flexibility index (Phi) is 4.14. The van der Waals surface area contributed by atoms with Gasteiger partial charge in [0.1, 0.15) is 4.90 Å². The molecule has 1 aromatic rings. The van der Waals surface area contributed by atoms with Crippen LogP contribution in [0.1, 0.15) is 18.4 Å². The Balaban J connectivity index is 2.51. The molecule has 1 saturated carbocycles. The molecule has 0 aliphatic heterocycles. The molecule has 0 saturated heterocycles. The summed E-state index contributed by atoms with van der Waals surface area (Å²) in [6.07, 6.45) is 1.78. The van der Waals surface area contributed by atoms with Gasteiger partial charge in [-0.2, -0.15) is 4.31 Å². The van der Waals surface area contributed by atoms with E-state index in [2.05, 4.69) is 0 Å². The summed E-state index contributed by atoms with van der Waals surface area (Å²) in [7, 11) is -2.00. The molecule has 1 aliphatic carbocycles. The lowest BCUT2D eigenvalue weighted by Gasteiger charge is -2.18. The molecule has 3 nitrogen and oxygen atoms in total. The minimum atomic E-state index is -3.57. The molecule has 1 aromatic carbocycles. The van der Waals surface area contributed by atoms with Crippen molar-refractivity contribution in [1.29, 1.82) is 0 Å². The van der Waals surface area contributed by atoms with Crippen LogP contribution in [0.2, 0.25) is 10.0 Å². The molecule has 0 amide bonds. The zero-order valence-electron chi connectivity index (χ0n) is 9.66. The number of alkyl halides is 1. The van der Waals surface area contributed by atoms with Crippen molar-refractivity contribution >= 4 is 44.8 Å². The van der Waals surface area contributed by atoms with E-state index in [1.165, 1.54) is 16.4 Å². The van der Waals surface area contributed by atoms with Crippen LogP contribution in [0, 0.1) is 0 Å². The van der Waals surface area contributed by atoms with E-state index in [1.54, 1.807) is 7.05 Å². The van der Waals surface area contributed by atoms with Crippen LogP contribution >= 0.6 is 34.8 Å². The molecule has 18 heavy (non-hydrogen) atoms. The van der Waals surface area contributed by atoms with E-state index >= 15 is 0 Å². The quantitative estimate of drug-likeness (QED) is 0.793. The first-order valence-electron chi connectivity index (χ1n) is 5.40. The maximum atomic E-state index is 12.4. The predicted molar refractivity (Wildman–Crippen MR) is 74.0 cm³/mol. The van der Waals surface area contributed by atoms with Crippen molar-refractivity contribution in [1.82, 2.24) is 4.31 Å². The molecule has 0 heterocycles. The molecule has 0 bridgehead atoms. The van der Waals surface area contributed by atoms with Gasteiger partial charge in [-0.1, -0.05) is 23.2 Å². The zero-order valence-corrected chi connectivity index (χ0v) is 12.7. The van der Waals surface area contributed by atoms with Crippen LogP contribution in [-0.2, 0) is 15.9 Å². The van der Waals surface area contributed by atoms with Gasteiger partial charge in [-0.25, -0.2) is 8.42 Å². The van der Waals surface area contributed by atoms with Crippen molar-refractivity contribution in [2.75, 3.05) is 7.05 Å². The second-order valence-corrected chi connectivity index (χ2v) is 7.24. The summed E-state index contributed by atoms with van der Waals surface area (Å²) in [6, 6.07) is 3.02. The van der Waals surface area contributed by atoms with E-state index in [0.717, 1.165) is 12.8 Å². The molecule has 1 fully saturated rings. The third kappa shape index (κ3) is 2.49. The molecular weight excluding hydrogens is 317 g/mol. The van der Waals surface area contributed by atoms with Gasteiger partial charge < -0.3 is 0 Å². The first-order chi connectivity index (χ1) is 8.39. The van der Waals surface area contributed by atoms with E-state index in [4.69, 9.17) is 34.8 Å². The Morgan fingerprint density at radius 1 is 1.33 bits per heavy atom. The molecule has 0 spiro atoms. The van der Waals surface area contributed by atoms with E-state index in [1.807, 2.05) is 0 Å². The summed E-state index contributed by atoms with van der Waals surface area (Å²) in [5.74, 6) is 0.0775. The molecule has 0 radical (unpaired) electrons. The molecule has 0 atom stereocenters. The summed E-state index contributed by atoms with van der Waals surface area (Å²) >= 11 is 17.8. The fourth-order valence-electron chi connectivity index (χ4n) is 1.69. The summed E-state index contributed by atoms with van der Waals surface area (Å²) in [6.45, 7) is 0. The van der Waals surface area contributed by atoms with Crippen LogP contribution in [0.25, 0.3) is 0 Å². The second kappa shape index (κ2) is 5.17. The summed E-state index contributed by atoms with van der Waals surface area (Å²) in [5, 5.41) is 0.494. The van der Waals surface area contributed by atoms with Gasteiger partial charge in [-0.3, -0.25) is 0 Å². The first-order valence-corrected chi connectivity index (χ1v) is 8.13. The highest BCUT2D eigenvalue weighted by Crippen LogP contribution is 2.36. The molecule has 1 aliphatic rings. The summed E-state index contributed by atoms with van der Waals surface area (Å²) in [4.78, 5) is 0.0682. The van der Waals surface area contributed by atoms with Gasteiger partial charge in [0.15, 0.2) is 0 Å². The van der Waals surface area contributed by atoms with Crippen molar-refractivity contribution in [2.24, 2.45) is 0 Å². The summed E-state index contributed by atoms with van der Waals surface area (Å²) in [5.41, 5.74) is 0.449. The van der Waals surface area contributed by atoms with Gasteiger partial charge in [0, 0.05) is 23.7 Å². The van der Waals surface area contributed by atoms with Crippen LogP contribution in [0.15, 0.2) is 17.0 Å². The average Bonchev–Trinajstić information content (AvgIpc) is 3.12. The lowest BCUT2D eigenvalue weighted by molar-refractivity contribution is 0.464. The van der Waals surface area contributed by atoms with Crippen LogP contribution in [0.4, 0.5) is 0 Å². The number of benzene rings is 1. The van der Waals surface area contributed by atoms with Crippen LogP contribution in [0.5, 0.6) is 0 Å². The van der Waals surface area contributed by atoms with Gasteiger partial charge in [0.25, 0.3) is 0 Å². The van der Waals surface area contributed by atoms with Gasteiger partial charge in [0.05, 0.1) is 10.9 Å². The SMILES string of the molecule is CN(C1CC1)S(=O)(=O)c1ccc(Cl)c(CCl)c1Cl. The fourth-order valence-corrected chi connectivity index (χ4v) is 4.40. The Morgan fingerprint density at radius 3 is 2.44 bits per heavy atom. The van der Waals surface area contributed by atoms with E-state index in [9.17, 15) is 8.42 Å². The van der Waals surface area contributed by atoms with Crippen molar-refractivity contribution < 1.29 is 8.42 Å². The lowest BCUT2D eigenvalue weighted by atomic mass is 10.2. The normalized spacial score (nSPS) is 16.3. The molecule has 0 N–H and O–H groups in total. The minimum absolute atomic E-state index is 0.0682. The maximum Gasteiger partial charge on any atom is 0.244 e. The zero-order chi connectivity index (χ0) is 13.5. The molecule has 100 valence electrons. The summed E-state index contributed by atoms with van der Waals surface area (Å²) < 4.78 is 26.1. The Hall–Kier alpha value is -0.000000000000000167. The number of hydrogen-bond acceptors (Lipinski definition) is 2. The minimum Gasteiger partial charge on any atom is -0.207 e. The molecule has 2 rings (SSSR count). The van der Waals surface area contributed by atoms with E-state index in [-0.39, 0.29) is 21.8 Å². The molecule has 0 aromatic heterocycles. The largest absolute Gasteiger partial charge is 0.244 e. The smallest absolute Gasteiger partial charge is 0.207 e. The van der Waals surface area contributed by atoms with Crippen molar-refractivity contribution in [3.05, 3.63) is 27.7 Å². The highest BCUT2D eigenvalue weighted by molar-refractivity contribution is 7.89.